The molecule has 7 nitrogen and oxygen atoms in total. The normalized spacial score (nSPS) is 32.6. The maximum atomic E-state index is 13.2. The van der Waals surface area contributed by atoms with Crippen molar-refractivity contribution in [1.29, 1.82) is 0 Å². The van der Waals surface area contributed by atoms with Crippen LogP contribution in [0.15, 0.2) is 12.1 Å². The van der Waals surface area contributed by atoms with Crippen LogP contribution in [0, 0.1) is 23.2 Å². The van der Waals surface area contributed by atoms with Crippen LogP contribution in [0.3, 0.4) is 0 Å². The number of halogens is 1. The SMILES string of the molecule is Cc1[nH]nc(CC23CC4(C)CC(C)(C2)CC(OCCO)(C4)C3)c1-c1ccc(Cl)nc1C(=O)OC(C)(C)C. The Kier molecular flexibility index (Phi) is 6.32. The van der Waals surface area contributed by atoms with E-state index in [-0.39, 0.29) is 39.3 Å². The van der Waals surface area contributed by atoms with Gasteiger partial charge in [0.05, 0.1) is 24.5 Å². The van der Waals surface area contributed by atoms with E-state index < -0.39 is 11.6 Å². The molecule has 4 saturated carbocycles. The van der Waals surface area contributed by atoms with E-state index >= 15 is 0 Å². The number of rotatable bonds is 7. The van der Waals surface area contributed by atoms with Gasteiger partial charge in [0.1, 0.15) is 10.8 Å². The smallest absolute Gasteiger partial charge is 0.358 e. The first kappa shape index (κ1) is 26.6. The van der Waals surface area contributed by atoms with Crippen LogP contribution in [0.4, 0.5) is 0 Å². The van der Waals surface area contributed by atoms with Gasteiger partial charge in [-0.25, -0.2) is 9.78 Å². The number of nitrogens with zero attached hydrogens (tertiary/aromatic N) is 2. The third-order valence-electron chi connectivity index (χ3n) is 8.44. The predicted octanol–water partition coefficient (Wildman–Crippen LogP) is 6.06. The summed E-state index contributed by atoms with van der Waals surface area (Å²) in [4.78, 5) is 17.6. The van der Waals surface area contributed by atoms with E-state index in [0.29, 0.717) is 12.2 Å². The number of nitrogens with one attached hydrogen (secondary N) is 1. The van der Waals surface area contributed by atoms with Crippen LogP contribution in [0.1, 0.15) is 95.0 Å². The average Bonchev–Trinajstić information content (AvgIpc) is 3.07. The first-order chi connectivity index (χ1) is 17.2. The van der Waals surface area contributed by atoms with E-state index in [2.05, 4.69) is 23.9 Å². The Bertz CT molecular complexity index is 1200. The Morgan fingerprint density at radius 3 is 2.41 bits per heavy atom. The highest BCUT2D eigenvalue weighted by Crippen LogP contribution is 2.72. The van der Waals surface area contributed by atoms with E-state index in [9.17, 15) is 9.90 Å². The lowest BCUT2D eigenvalue weighted by Crippen LogP contribution is -2.64. The molecule has 0 aliphatic heterocycles. The summed E-state index contributed by atoms with van der Waals surface area (Å²) >= 11 is 6.23. The fraction of sp³-hybridized carbons (Fsp3) is 0.690. The molecule has 2 atom stereocenters. The van der Waals surface area contributed by atoms with Gasteiger partial charge >= 0.3 is 5.97 Å². The summed E-state index contributed by atoms with van der Waals surface area (Å²) in [6.45, 7) is 12.7. The Hall–Kier alpha value is -1.96. The van der Waals surface area contributed by atoms with Crippen LogP contribution in [-0.2, 0) is 15.9 Å². The third-order valence-corrected chi connectivity index (χ3v) is 8.65. The fourth-order valence-corrected chi connectivity index (χ4v) is 9.02. The van der Waals surface area contributed by atoms with Gasteiger partial charge in [-0.15, -0.1) is 0 Å². The lowest BCUT2D eigenvalue weighted by molar-refractivity contribution is -0.246. The standard InChI is InChI=1S/C29H40ClN3O4/c1-18-22(19-7-8-21(30)31-23(19)24(35)37-25(2,3)4)20(33-32-18)11-28-13-26(5)12-27(6,14-28)16-29(15-26,17-28)36-10-9-34/h7-8,34H,9-17H2,1-6H3,(H,32,33). The van der Waals surface area contributed by atoms with Gasteiger partial charge < -0.3 is 14.6 Å². The van der Waals surface area contributed by atoms with E-state index in [4.69, 9.17) is 26.2 Å². The molecule has 0 spiro atoms. The summed E-state index contributed by atoms with van der Waals surface area (Å²) in [6, 6.07) is 3.57. The van der Waals surface area contributed by atoms with Gasteiger partial charge in [0, 0.05) is 16.8 Å². The predicted molar refractivity (Wildman–Crippen MR) is 143 cm³/mol. The first-order valence-electron chi connectivity index (χ1n) is 13.4. The van der Waals surface area contributed by atoms with Crippen molar-refractivity contribution in [3.05, 3.63) is 34.4 Å². The summed E-state index contributed by atoms with van der Waals surface area (Å²) in [5.41, 5.74) is 3.22. The molecule has 2 N–H and O–H groups in total. The molecule has 6 rings (SSSR count). The number of hydrogen-bond acceptors (Lipinski definition) is 6. The number of H-pyrrole nitrogens is 1. The Morgan fingerprint density at radius 2 is 1.78 bits per heavy atom. The highest BCUT2D eigenvalue weighted by Gasteiger charge is 2.66. The van der Waals surface area contributed by atoms with Crippen molar-refractivity contribution < 1.29 is 19.4 Å². The minimum Gasteiger partial charge on any atom is -0.455 e. The van der Waals surface area contributed by atoms with Gasteiger partial charge in [-0.2, -0.15) is 5.10 Å². The fourth-order valence-electron chi connectivity index (χ4n) is 8.87. The first-order valence-corrected chi connectivity index (χ1v) is 13.7. The van der Waals surface area contributed by atoms with E-state index in [0.717, 1.165) is 55.5 Å². The molecule has 4 aliphatic rings. The molecule has 0 radical (unpaired) electrons. The number of aromatic amines is 1. The number of carbonyl (C=O) groups is 1. The van der Waals surface area contributed by atoms with Crippen molar-refractivity contribution in [2.45, 2.75) is 97.7 Å². The Labute approximate surface area is 224 Å². The van der Waals surface area contributed by atoms with Gasteiger partial charge in [0.25, 0.3) is 0 Å². The molecule has 4 fully saturated rings. The van der Waals surface area contributed by atoms with E-state index in [1.807, 2.05) is 33.8 Å². The number of aliphatic hydroxyl groups is 1. The Morgan fingerprint density at radius 1 is 1.11 bits per heavy atom. The van der Waals surface area contributed by atoms with Crippen LogP contribution in [-0.4, -0.2) is 50.7 Å². The molecule has 37 heavy (non-hydrogen) atoms. The Balaban J connectivity index is 1.54. The van der Waals surface area contributed by atoms with Crippen molar-refractivity contribution in [2.24, 2.45) is 16.2 Å². The summed E-state index contributed by atoms with van der Waals surface area (Å²) in [6.07, 6.45) is 7.32. The molecule has 2 aromatic rings. The van der Waals surface area contributed by atoms with E-state index in [1.54, 1.807) is 6.07 Å². The molecule has 2 unspecified atom stereocenters. The quantitative estimate of drug-likeness (QED) is 0.334. The van der Waals surface area contributed by atoms with Gasteiger partial charge in [-0.1, -0.05) is 25.4 Å². The largest absolute Gasteiger partial charge is 0.455 e. The second kappa shape index (κ2) is 8.78. The minimum absolute atomic E-state index is 0.0377. The van der Waals surface area contributed by atoms with Gasteiger partial charge in [-0.05, 0) is 101 Å². The van der Waals surface area contributed by atoms with Crippen LogP contribution in [0.25, 0.3) is 11.1 Å². The number of aryl methyl sites for hydroxylation is 1. The molecule has 0 amide bonds. The zero-order chi connectivity index (χ0) is 26.9. The van der Waals surface area contributed by atoms with Crippen LogP contribution in [0.5, 0.6) is 0 Å². The number of aliphatic hydroxyl groups excluding tert-OH is 1. The van der Waals surface area contributed by atoms with Crippen LogP contribution in [0.2, 0.25) is 5.15 Å². The highest BCUT2D eigenvalue weighted by atomic mass is 35.5. The molecule has 4 aliphatic carbocycles. The van der Waals surface area contributed by atoms with E-state index in [1.165, 1.54) is 6.42 Å². The summed E-state index contributed by atoms with van der Waals surface area (Å²) in [5.74, 6) is -0.497. The maximum absolute atomic E-state index is 13.2. The summed E-state index contributed by atoms with van der Waals surface area (Å²) < 4.78 is 12.1. The molecule has 0 aromatic carbocycles. The number of hydrogen-bond donors (Lipinski definition) is 2. The molecule has 202 valence electrons. The molecule has 4 bridgehead atoms. The van der Waals surface area contributed by atoms with Crippen molar-refractivity contribution in [3.63, 3.8) is 0 Å². The number of esters is 1. The van der Waals surface area contributed by atoms with Gasteiger partial charge in [-0.3, -0.25) is 5.10 Å². The lowest BCUT2D eigenvalue weighted by Gasteiger charge is -2.69. The maximum Gasteiger partial charge on any atom is 0.358 e. The van der Waals surface area contributed by atoms with Gasteiger partial charge in [0.15, 0.2) is 5.69 Å². The van der Waals surface area contributed by atoms with Crippen molar-refractivity contribution >= 4 is 17.6 Å². The molecule has 0 saturated heterocycles. The number of carbonyl (C=O) groups excluding carboxylic acids is 1. The topological polar surface area (TPSA) is 97.3 Å². The average molecular weight is 530 g/mol. The molecule has 2 aromatic heterocycles. The zero-order valence-electron chi connectivity index (χ0n) is 23.0. The summed E-state index contributed by atoms with van der Waals surface area (Å²) in [7, 11) is 0. The second-order valence-electron chi connectivity index (χ2n) is 13.8. The lowest BCUT2D eigenvalue weighted by atomic mass is 9.38. The van der Waals surface area contributed by atoms with Crippen LogP contribution >= 0.6 is 11.6 Å². The molecule has 2 heterocycles. The minimum atomic E-state index is -0.653. The number of pyridine rings is 1. The number of aromatic nitrogens is 3. The van der Waals surface area contributed by atoms with Crippen molar-refractivity contribution in [2.75, 3.05) is 13.2 Å². The van der Waals surface area contributed by atoms with Gasteiger partial charge in [0.2, 0.25) is 0 Å². The molecule has 8 heteroatoms. The zero-order valence-corrected chi connectivity index (χ0v) is 23.7. The number of ether oxygens (including phenoxy) is 2. The molecular formula is C29H40ClN3O4. The monoisotopic (exact) mass is 529 g/mol. The van der Waals surface area contributed by atoms with Crippen molar-refractivity contribution in [3.8, 4) is 11.1 Å². The second-order valence-corrected chi connectivity index (χ2v) is 14.2. The molecular weight excluding hydrogens is 490 g/mol. The highest BCUT2D eigenvalue weighted by molar-refractivity contribution is 6.29. The summed E-state index contributed by atoms with van der Waals surface area (Å²) in [5, 5.41) is 17.7. The van der Waals surface area contributed by atoms with Crippen LogP contribution < -0.4 is 0 Å². The van der Waals surface area contributed by atoms with Crippen molar-refractivity contribution in [1.82, 2.24) is 15.2 Å². The third kappa shape index (κ3) is 5.07.